The van der Waals surface area contributed by atoms with Gasteiger partial charge in [0.2, 0.25) is 0 Å². The molecule has 0 aliphatic carbocycles. The highest BCUT2D eigenvalue weighted by molar-refractivity contribution is 9.11. The van der Waals surface area contributed by atoms with Crippen molar-refractivity contribution in [2.75, 3.05) is 0 Å². The molecule has 2 rings (SSSR count). The first-order valence-electron chi connectivity index (χ1n) is 6.64. The largest absolute Gasteiger partial charge is 0.506 e. The molecule has 0 radical (unpaired) electrons. The molecule has 2 aromatic rings. The first-order valence-corrected chi connectivity index (χ1v) is 8.22. The van der Waals surface area contributed by atoms with E-state index in [9.17, 15) is 19.8 Å². The summed E-state index contributed by atoms with van der Waals surface area (Å²) in [4.78, 5) is 23.5. The maximum atomic E-state index is 12.1. The fraction of sp³-hybridized carbons (Fsp3) is 0.125. The minimum Gasteiger partial charge on any atom is -0.506 e. The second-order valence-corrected chi connectivity index (χ2v) is 6.55. The molecule has 0 aliphatic rings. The number of phenols is 1. The van der Waals surface area contributed by atoms with Gasteiger partial charge in [0, 0.05) is 12.0 Å². The number of carboxylic acid groups (broad SMARTS) is 1. The van der Waals surface area contributed by atoms with Gasteiger partial charge in [0.25, 0.3) is 5.91 Å². The number of carbonyl (C=O) groups is 2. The topological polar surface area (TPSA) is 86.6 Å². The molecule has 3 N–H and O–H groups in total. The van der Waals surface area contributed by atoms with Crippen LogP contribution in [0.3, 0.4) is 0 Å². The Kier molecular flexibility index (Phi) is 5.79. The zero-order valence-corrected chi connectivity index (χ0v) is 15.0. The minimum atomic E-state index is -1.13. The number of benzene rings is 2. The van der Waals surface area contributed by atoms with Crippen LogP contribution in [-0.2, 0) is 11.2 Å². The molecule has 1 amide bonds. The Balaban J connectivity index is 2.17. The lowest BCUT2D eigenvalue weighted by Crippen LogP contribution is -2.42. The van der Waals surface area contributed by atoms with Crippen LogP contribution < -0.4 is 5.32 Å². The normalized spacial score (nSPS) is 11.7. The van der Waals surface area contributed by atoms with Gasteiger partial charge in [-0.2, -0.15) is 0 Å². The number of carboxylic acids is 1. The average Bonchev–Trinajstić information content (AvgIpc) is 2.52. The molecule has 0 saturated heterocycles. The maximum Gasteiger partial charge on any atom is 0.326 e. The van der Waals surface area contributed by atoms with Crippen molar-refractivity contribution in [1.82, 2.24) is 5.32 Å². The lowest BCUT2D eigenvalue weighted by atomic mass is 10.1. The monoisotopic (exact) mass is 441 g/mol. The van der Waals surface area contributed by atoms with Crippen LogP contribution >= 0.6 is 31.9 Å². The molecule has 0 fully saturated rings. The summed E-state index contributed by atoms with van der Waals surface area (Å²) in [7, 11) is 0. The zero-order chi connectivity index (χ0) is 17.0. The molecule has 2 aromatic carbocycles. The fourth-order valence-electron chi connectivity index (χ4n) is 2.00. The molecule has 5 nitrogen and oxygen atoms in total. The summed E-state index contributed by atoms with van der Waals surface area (Å²) in [5, 5.41) is 21.5. The van der Waals surface area contributed by atoms with E-state index in [1.165, 1.54) is 0 Å². The predicted octanol–water partition coefficient (Wildman–Crippen LogP) is 3.34. The molecule has 0 aliphatic heterocycles. The molecule has 120 valence electrons. The molecular formula is C16H13Br2NO4. The van der Waals surface area contributed by atoms with Crippen LogP contribution in [-0.4, -0.2) is 28.1 Å². The van der Waals surface area contributed by atoms with Crippen molar-refractivity contribution in [1.29, 1.82) is 0 Å². The number of aliphatic carboxylic acids is 1. The first kappa shape index (κ1) is 17.5. The van der Waals surface area contributed by atoms with Crippen LogP contribution in [0, 0.1) is 0 Å². The SMILES string of the molecule is O=C(NC(Cc1cc(Br)c(O)c(Br)c1)C(=O)O)c1ccccc1. The zero-order valence-electron chi connectivity index (χ0n) is 11.8. The Morgan fingerprint density at radius 2 is 1.65 bits per heavy atom. The Bertz CT molecular complexity index is 711. The number of hydrogen-bond donors (Lipinski definition) is 3. The van der Waals surface area contributed by atoms with Crippen LogP contribution in [0.5, 0.6) is 5.75 Å². The van der Waals surface area contributed by atoms with Gasteiger partial charge >= 0.3 is 5.97 Å². The van der Waals surface area contributed by atoms with Crippen molar-refractivity contribution < 1.29 is 19.8 Å². The molecule has 0 spiro atoms. The van der Waals surface area contributed by atoms with Crippen LogP contribution in [0.2, 0.25) is 0 Å². The number of nitrogens with one attached hydrogen (secondary N) is 1. The second kappa shape index (κ2) is 7.61. The van der Waals surface area contributed by atoms with Crippen molar-refractivity contribution >= 4 is 43.7 Å². The number of phenolic OH excluding ortho intramolecular Hbond substituents is 1. The predicted molar refractivity (Wildman–Crippen MR) is 92.5 cm³/mol. The van der Waals surface area contributed by atoms with Crippen molar-refractivity contribution in [3.05, 3.63) is 62.5 Å². The van der Waals surface area contributed by atoms with E-state index in [1.807, 2.05) is 0 Å². The lowest BCUT2D eigenvalue weighted by Gasteiger charge is -2.15. The van der Waals surface area contributed by atoms with Crippen molar-refractivity contribution in [2.24, 2.45) is 0 Å². The van der Waals surface area contributed by atoms with E-state index in [2.05, 4.69) is 37.2 Å². The lowest BCUT2D eigenvalue weighted by molar-refractivity contribution is -0.139. The number of hydrogen-bond acceptors (Lipinski definition) is 3. The van der Waals surface area contributed by atoms with Crippen LogP contribution in [0.4, 0.5) is 0 Å². The van der Waals surface area contributed by atoms with Gasteiger partial charge in [-0.3, -0.25) is 4.79 Å². The third-order valence-electron chi connectivity index (χ3n) is 3.16. The van der Waals surface area contributed by atoms with Gasteiger partial charge in [0.15, 0.2) is 0 Å². The maximum absolute atomic E-state index is 12.1. The summed E-state index contributed by atoms with van der Waals surface area (Å²) in [5.74, 6) is -1.54. The average molecular weight is 443 g/mol. The molecule has 0 bridgehead atoms. The van der Waals surface area contributed by atoms with E-state index in [0.29, 0.717) is 20.1 Å². The molecule has 0 aromatic heterocycles. The molecule has 0 heterocycles. The number of halogens is 2. The molecule has 23 heavy (non-hydrogen) atoms. The van der Waals surface area contributed by atoms with E-state index >= 15 is 0 Å². The highest BCUT2D eigenvalue weighted by Crippen LogP contribution is 2.33. The second-order valence-electron chi connectivity index (χ2n) is 4.84. The van der Waals surface area contributed by atoms with Gasteiger partial charge in [-0.1, -0.05) is 18.2 Å². The van der Waals surface area contributed by atoms with Gasteiger partial charge in [-0.05, 0) is 61.7 Å². The van der Waals surface area contributed by atoms with Gasteiger partial charge < -0.3 is 15.5 Å². The smallest absolute Gasteiger partial charge is 0.326 e. The molecule has 1 atom stereocenters. The number of amides is 1. The van der Waals surface area contributed by atoms with Crippen LogP contribution in [0.25, 0.3) is 0 Å². The van der Waals surface area contributed by atoms with Gasteiger partial charge in [-0.25, -0.2) is 4.79 Å². The third kappa shape index (κ3) is 4.56. The Morgan fingerprint density at radius 3 is 2.17 bits per heavy atom. The van der Waals surface area contributed by atoms with Crippen molar-refractivity contribution in [2.45, 2.75) is 12.5 Å². The molecule has 7 heteroatoms. The summed E-state index contributed by atoms with van der Waals surface area (Å²) >= 11 is 6.39. The number of aromatic hydroxyl groups is 1. The molecule has 0 saturated carbocycles. The summed E-state index contributed by atoms with van der Waals surface area (Å²) in [6, 6.07) is 10.6. The van der Waals surface area contributed by atoms with E-state index in [0.717, 1.165) is 0 Å². The Hall–Kier alpha value is -1.86. The van der Waals surface area contributed by atoms with Crippen molar-refractivity contribution in [3.63, 3.8) is 0 Å². The highest BCUT2D eigenvalue weighted by Gasteiger charge is 2.22. The van der Waals surface area contributed by atoms with Crippen LogP contribution in [0.15, 0.2) is 51.4 Å². The third-order valence-corrected chi connectivity index (χ3v) is 4.36. The fourth-order valence-corrected chi connectivity index (χ4v) is 3.28. The van der Waals surface area contributed by atoms with Gasteiger partial charge in [-0.15, -0.1) is 0 Å². The summed E-state index contributed by atoms with van der Waals surface area (Å²) in [6.07, 6.45) is 0.0887. The standard InChI is InChI=1S/C16H13Br2NO4/c17-11-6-9(7-12(18)14(11)20)8-13(16(22)23)19-15(21)10-4-2-1-3-5-10/h1-7,13,20H,8H2,(H,19,21)(H,22,23). The Morgan fingerprint density at radius 1 is 1.09 bits per heavy atom. The highest BCUT2D eigenvalue weighted by atomic mass is 79.9. The summed E-state index contributed by atoms with van der Waals surface area (Å²) in [6.45, 7) is 0. The van der Waals surface area contributed by atoms with E-state index in [4.69, 9.17) is 0 Å². The quantitative estimate of drug-likeness (QED) is 0.662. The van der Waals surface area contributed by atoms with E-state index in [1.54, 1.807) is 42.5 Å². The summed E-state index contributed by atoms with van der Waals surface area (Å²) < 4.78 is 0.890. The van der Waals surface area contributed by atoms with Crippen molar-refractivity contribution in [3.8, 4) is 5.75 Å². The van der Waals surface area contributed by atoms with Gasteiger partial charge in [0.1, 0.15) is 11.8 Å². The summed E-state index contributed by atoms with van der Waals surface area (Å²) in [5.41, 5.74) is 1.05. The minimum absolute atomic E-state index is 0.0361. The van der Waals surface area contributed by atoms with E-state index in [-0.39, 0.29) is 12.2 Å². The Labute approximate surface area is 149 Å². The van der Waals surface area contributed by atoms with E-state index < -0.39 is 17.9 Å². The van der Waals surface area contributed by atoms with Crippen LogP contribution in [0.1, 0.15) is 15.9 Å². The number of rotatable bonds is 5. The number of carbonyl (C=O) groups excluding carboxylic acids is 1. The molecule has 1 unspecified atom stereocenters. The first-order chi connectivity index (χ1) is 10.9. The molecular weight excluding hydrogens is 430 g/mol. The van der Waals surface area contributed by atoms with Gasteiger partial charge in [0.05, 0.1) is 8.95 Å².